The van der Waals surface area contributed by atoms with Crippen LogP contribution in [-0.2, 0) is 16.6 Å². The van der Waals surface area contributed by atoms with Gasteiger partial charge in [0.15, 0.2) is 0 Å². The Bertz CT molecular complexity index is 736. The fourth-order valence-corrected chi connectivity index (χ4v) is 2.60. The van der Waals surface area contributed by atoms with Crippen molar-refractivity contribution in [2.24, 2.45) is 0 Å². The van der Waals surface area contributed by atoms with Gasteiger partial charge in [0.05, 0.1) is 11.2 Å². The summed E-state index contributed by atoms with van der Waals surface area (Å²) < 4.78 is 26.1. The molecule has 1 heterocycles. The lowest BCUT2D eigenvalue weighted by molar-refractivity contribution is -0.383. The molecule has 7 nitrogen and oxygen atoms in total. The molecule has 2 aromatic rings. The quantitative estimate of drug-likeness (QED) is 0.496. The van der Waals surface area contributed by atoms with E-state index in [1.807, 2.05) is 12.1 Å². The van der Waals surface area contributed by atoms with E-state index in [0.29, 0.717) is 25.0 Å². The zero-order valence-corrected chi connectivity index (χ0v) is 11.8. The van der Waals surface area contributed by atoms with Gasteiger partial charge < -0.3 is 4.57 Å². The lowest BCUT2D eigenvalue weighted by atomic mass is 10.2. The molecule has 0 bridgehead atoms. The van der Waals surface area contributed by atoms with Crippen LogP contribution in [0.5, 0.6) is 0 Å². The summed E-state index contributed by atoms with van der Waals surface area (Å²) in [5, 5.41) is 11.8. The Hall–Kier alpha value is -1.93. The first-order valence-corrected chi connectivity index (χ1v) is 7.94. The number of hydrogen-bond donors (Lipinski definition) is 1. The first kappa shape index (κ1) is 14.5. The number of para-hydroxylation sites is 1. The van der Waals surface area contributed by atoms with Crippen LogP contribution >= 0.6 is 0 Å². The third-order valence-corrected chi connectivity index (χ3v) is 3.63. The van der Waals surface area contributed by atoms with E-state index in [4.69, 9.17) is 0 Å². The van der Waals surface area contributed by atoms with E-state index in [2.05, 4.69) is 4.72 Å². The standard InChI is InChI=1S/C12H15N3O4S/c1-20(18,19)13-7-3-8-14-9-6-10-4-2-5-11(12(10)14)15(16)17/h2,4-6,9,13H,3,7-8H2,1H3. The molecule has 1 N–H and O–H groups in total. The molecule has 8 heteroatoms. The molecule has 20 heavy (non-hydrogen) atoms. The monoisotopic (exact) mass is 297 g/mol. The van der Waals surface area contributed by atoms with Crippen LogP contribution in [0.25, 0.3) is 10.9 Å². The number of nitro groups is 1. The van der Waals surface area contributed by atoms with Crippen molar-refractivity contribution in [1.29, 1.82) is 0 Å². The number of sulfonamides is 1. The number of nitrogens with one attached hydrogen (secondary N) is 1. The molecule has 0 saturated carbocycles. The van der Waals surface area contributed by atoms with Crippen LogP contribution in [-0.4, -0.2) is 30.7 Å². The first-order valence-electron chi connectivity index (χ1n) is 6.05. The summed E-state index contributed by atoms with van der Waals surface area (Å²) in [6.07, 6.45) is 3.43. The summed E-state index contributed by atoms with van der Waals surface area (Å²) in [5.41, 5.74) is 0.625. The number of benzene rings is 1. The van der Waals surface area contributed by atoms with E-state index >= 15 is 0 Å². The number of nitro benzene ring substituents is 1. The van der Waals surface area contributed by atoms with E-state index in [1.165, 1.54) is 6.07 Å². The van der Waals surface area contributed by atoms with E-state index in [0.717, 1.165) is 11.6 Å². The molecule has 0 atom stereocenters. The molecule has 0 amide bonds. The van der Waals surface area contributed by atoms with Crippen molar-refractivity contribution < 1.29 is 13.3 Å². The maximum absolute atomic E-state index is 11.0. The predicted octanol–water partition coefficient (Wildman–Crippen LogP) is 1.49. The van der Waals surface area contributed by atoms with Gasteiger partial charge in [-0.3, -0.25) is 10.1 Å². The number of non-ortho nitro benzene ring substituents is 1. The Balaban J connectivity index is 2.17. The van der Waals surface area contributed by atoms with Crippen molar-refractivity contribution in [3.63, 3.8) is 0 Å². The fraction of sp³-hybridized carbons (Fsp3) is 0.333. The van der Waals surface area contributed by atoms with Gasteiger partial charge in [-0.25, -0.2) is 13.1 Å². The molecule has 1 aromatic carbocycles. The van der Waals surface area contributed by atoms with Gasteiger partial charge in [-0.2, -0.15) is 0 Å². The number of nitrogens with zero attached hydrogens (tertiary/aromatic N) is 2. The molecule has 2 rings (SSSR count). The molecule has 0 aliphatic rings. The van der Waals surface area contributed by atoms with Crippen molar-refractivity contribution in [3.8, 4) is 0 Å². The molecule has 0 unspecified atom stereocenters. The maximum atomic E-state index is 11.0. The molecule has 0 aliphatic heterocycles. The molecule has 1 aromatic heterocycles. The summed E-state index contributed by atoms with van der Waals surface area (Å²) in [6, 6.07) is 6.74. The van der Waals surface area contributed by atoms with Crippen LogP contribution in [0.4, 0.5) is 5.69 Å². The minimum absolute atomic E-state index is 0.0589. The second-order valence-corrected chi connectivity index (χ2v) is 6.33. The van der Waals surface area contributed by atoms with Crippen LogP contribution in [0.1, 0.15) is 6.42 Å². The van der Waals surface area contributed by atoms with Crippen molar-refractivity contribution >= 4 is 26.6 Å². The molecule has 0 aliphatic carbocycles. The van der Waals surface area contributed by atoms with Crippen LogP contribution in [0.2, 0.25) is 0 Å². The zero-order chi connectivity index (χ0) is 14.8. The van der Waals surface area contributed by atoms with Gasteiger partial charge in [0.25, 0.3) is 5.69 Å². The second kappa shape index (κ2) is 5.59. The van der Waals surface area contributed by atoms with Crippen LogP contribution in [0, 0.1) is 10.1 Å². The summed E-state index contributed by atoms with van der Waals surface area (Å²) in [5.74, 6) is 0. The van der Waals surface area contributed by atoms with E-state index in [-0.39, 0.29) is 5.69 Å². The highest BCUT2D eigenvalue weighted by atomic mass is 32.2. The van der Waals surface area contributed by atoms with Gasteiger partial charge in [-0.05, 0) is 12.5 Å². The van der Waals surface area contributed by atoms with Crippen molar-refractivity contribution in [3.05, 3.63) is 40.6 Å². The number of hydrogen-bond acceptors (Lipinski definition) is 4. The van der Waals surface area contributed by atoms with Gasteiger partial charge in [-0.1, -0.05) is 12.1 Å². The molecule has 0 radical (unpaired) electrons. The first-order chi connectivity index (χ1) is 9.38. The molecule has 0 saturated heterocycles. The minimum atomic E-state index is -3.20. The molecule has 108 valence electrons. The van der Waals surface area contributed by atoms with Crippen molar-refractivity contribution in [2.75, 3.05) is 12.8 Å². The summed E-state index contributed by atoms with van der Waals surface area (Å²) >= 11 is 0. The highest BCUT2D eigenvalue weighted by Gasteiger charge is 2.14. The maximum Gasteiger partial charge on any atom is 0.293 e. The number of aryl methyl sites for hydroxylation is 1. The largest absolute Gasteiger partial charge is 0.342 e. The van der Waals surface area contributed by atoms with E-state index in [1.54, 1.807) is 16.8 Å². The predicted molar refractivity (Wildman–Crippen MR) is 76.1 cm³/mol. The normalized spacial score (nSPS) is 11.8. The van der Waals surface area contributed by atoms with Crippen LogP contribution in [0.15, 0.2) is 30.5 Å². The van der Waals surface area contributed by atoms with Gasteiger partial charge in [0.1, 0.15) is 5.52 Å². The number of aromatic nitrogens is 1. The Morgan fingerprint density at radius 1 is 1.35 bits per heavy atom. The third kappa shape index (κ3) is 3.34. The third-order valence-electron chi connectivity index (χ3n) is 2.90. The lowest BCUT2D eigenvalue weighted by Crippen LogP contribution is -2.23. The molecular weight excluding hydrogens is 282 g/mol. The average Bonchev–Trinajstić information content (AvgIpc) is 2.76. The van der Waals surface area contributed by atoms with Crippen molar-refractivity contribution in [2.45, 2.75) is 13.0 Å². The minimum Gasteiger partial charge on any atom is -0.342 e. The lowest BCUT2D eigenvalue weighted by Gasteiger charge is -2.06. The second-order valence-electron chi connectivity index (χ2n) is 4.50. The van der Waals surface area contributed by atoms with Gasteiger partial charge in [0, 0.05) is 30.7 Å². The Kier molecular flexibility index (Phi) is 4.05. The highest BCUT2D eigenvalue weighted by Crippen LogP contribution is 2.26. The van der Waals surface area contributed by atoms with Crippen LogP contribution < -0.4 is 4.72 Å². The molecule has 0 fully saturated rings. The van der Waals surface area contributed by atoms with Crippen molar-refractivity contribution in [1.82, 2.24) is 9.29 Å². The Morgan fingerprint density at radius 2 is 2.10 bits per heavy atom. The average molecular weight is 297 g/mol. The zero-order valence-electron chi connectivity index (χ0n) is 10.9. The topological polar surface area (TPSA) is 94.2 Å². The summed E-state index contributed by atoms with van der Waals surface area (Å²) in [4.78, 5) is 10.6. The van der Waals surface area contributed by atoms with Gasteiger partial charge in [-0.15, -0.1) is 0 Å². The van der Waals surface area contributed by atoms with E-state index < -0.39 is 14.9 Å². The highest BCUT2D eigenvalue weighted by molar-refractivity contribution is 7.88. The number of rotatable bonds is 6. The van der Waals surface area contributed by atoms with Gasteiger partial charge >= 0.3 is 0 Å². The SMILES string of the molecule is CS(=O)(=O)NCCCn1ccc2cccc([N+](=O)[O-])c21. The Morgan fingerprint density at radius 3 is 2.75 bits per heavy atom. The van der Waals surface area contributed by atoms with Gasteiger partial charge in [0.2, 0.25) is 10.0 Å². The fourth-order valence-electron chi connectivity index (χ4n) is 2.08. The summed E-state index contributed by atoms with van der Waals surface area (Å²) in [7, 11) is -3.20. The smallest absolute Gasteiger partial charge is 0.293 e. The van der Waals surface area contributed by atoms with E-state index in [9.17, 15) is 18.5 Å². The molecule has 0 spiro atoms. The summed E-state index contributed by atoms with van der Waals surface area (Å²) in [6.45, 7) is 0.815. The Labute approximate surface area is 116 Å². The molecular formula is C12H15N3O4S. The number of fused-ring (bicyclic) bond motifs is 1. The van der Waals surface area contributed by atoms with Crippen LogP contribution in [0.3, 0.4) is 0 Å².